The van der Waals surface area contributed by atoms with Gasteiger partial charge in [-0.3, -0.25) is 9.69 Å². The maximum Gasteiger partial charge on any atom is 0.339 e. The summed E-state index contributed by atoms with van der Waals surface area (Å²) in [6.07, 6.45) is 26.7. The Morgan fingerprint density at radius 3 is 2.53 bits per heavy atom. The van der Waals surface area contributed by atoms with Crippen LogP contribution in [0.4, 0.5) is 0 Å². The van der Waals surface area contributed by atoms with Gasteiger partial charge >= 0.3 is 11.9 Å². The van der Waals surface area contributed by atoms with E-state index in [1.165, 1.54) is 72.8 Å². The first-order chi connectivity index (χ1) is 31.3. The molecule has 10 atom stereocenters. The minimum absolute atomic E-state index is 0.0813. The molecule has 2 aromatic carbocycles. The maximum absolute atomic E-state index is 16.1. The molecule has 14 aliphatic rings. The molecule has 7 nitrogen and oxygen atoms in total. The highest BCUT2D eigenvalue weighted by molar-refractivity contribution is 6.00. The van der Waals surface area contributed by atoms with E-state index in [1.807, 2.05) is 0 Å². The summed E-state index contributed by atoms with van der Waals surface area (Å²) in [5.41, 5.74) is 14.7. The van der Waals surface area contributed by atoms with E-state index < -0.39 is 16.4 Å². The van der Waals surface area contributed by atoms with Gasteiger partial charge in [0.25, 0.3) is 0 Å². The van der Waals surface area contributed by atoms with Crippen molar-refractivity contribution < 1.29 is 19.1 Å². The molecule has 5 fully saturated rings. The van der Waals surface area contributed by atoms with Crippen molar-refractivity contribution in [1.29, 1.82) is 0 Å². The molecule has 0 radical (unpaired) electrons. The standard InChI is InChI=1S/C57H69N3O4/c1-35-19-21-47-52-44-23-24-55-49(22-20-43(29-37-10-3-2-4-11-37)59-31-39-27-40(32-59)34-60(47)33-39)63-54(62)56(55)46(44)30-42(50(35)52)28-38-14-7-13-36(26-38)12-5-6-18-48(56)57(55)45-17-8-15-41(16-9-25-58)51(45)53(61)64-57/h7-8,13-15,17,21-22,26,30,35,37,39-40,43,48,50,52H,2-6,9-12,16,18-20,23-25,27-29,31-34,58H2,1H3. The number of rotatable bonds is 5. The molecule has 10 unspecified atom stereocenters. The van der Waals surface area contributed by atoms with Gasteiger partial charge in [0.2, 0.25) is 0 Å². The Bertz CT molecular complexity index is 2410. The molecule has 3 spiro atoms. The van der Waals surface area contributed by atoms with Crippen LogP contribution in [-0.4, -0.2) is 60.5 Å². The fourth-order valence-corrected chi connectivity index (χ4v) is 17.4. The van der Waals surface area contributed by atoms with Gasteiger partial charge in [0, 0.05) is 55.3 Å². The van der Waals surface area contributed by atoms with Crippen LogP contribution in [-0.2, 0) is 39.1 Å². The quantitative estimate of drug-likeness (QED) is 0.300. The van der Waals surface area contributed by atoms with E-state index in [4.69, 9.17) is 15.2 Å². The van der Waals surface area contributed by atoms with Crippen molar-refractivity contribution in [1.82, 2.24) is 9.80 Å². The van der Waals surface area contributed by atoms with Crippen LogP contribution in [0.2, 0.25) is 0 Å². The number of carbonyl (C=O) groups excluding carboxylic acids is 2. The molecule has 7 heteroatoms. The highest BCUT2D eigenvalue weighted by Gasteiger charge is 2.92. The molecule has 6 aliphatic carbocycles. The molecule has 3 saturated heterocycles. The molecule has 16 rings (SSSR count). The second-order valence-electron chi connectivity index (χ2n) is 22.8. The van der Waals surface area contributed by atoms with Crippen LogP contribution >= 0.6 is 0 Å². The number of nitrogens with two attached hydrogens (primary N) is 1. The highest BCUT2D eigenvalue weighted by atomic mass is 16.6. The van der Waals surface area contributed by atoms with Crippen LogP contribution in [0, 0.1) is 52.3 Å². The zero-order chi connectivity index (χ0) is 43.0. The minimum atomic E-state index is -0.996. The Hall–Kier alpha value is -3.94. The zero-order valence-corrected chi connectivity index (χ0v) is 38.3. The first-order valence-electron chi connectivity index (χ1n) is 26.0. The molecule has 2 N–H and O–H groups in total. The smallest absolute Gasteiger partial charge is 0.339 e. The third-order valence-electron chi connectivity index (χ3n) is 19.6. The summed E-state index contributed by atoms with van der Waals surface area (Å²) in [6, 6.07) is 16.3. The number of ether oxygens (including phenoxy) is 2. The van der Waals surface area contributed by atoms with Gasteiger partial charge in [0.15, 0.2) is 5.60 Å². The zero-order valence-electron chi connectivity index (χ0n) is 38.3. The van der Waals surface area contributed by atoms with Crippen LogP contribution < -0.4 is 5.73 Å². The Morgan fingerprint density at radius 1 is 0.875 bits per heavy atom. The lowest BCUT2D eigenvalue weighted by atomic mass is 9.29. The Labute approximate surface area is 380 Å². The molecule has 0 amide bonds. The summed E-state index contributed by atoms with van der Waals surface area (Å²) in [5, 5.41) is 0. The number of benzene rings is 2. The van der Waals surface area contributed by atoms with Crippen LogP contribution in [0.3, 0.4) is 0 Å². The number of carbonyl (C=O) groups is 2. The predicted molar refractivity (Wildman–Crippen MR) is 249 cm³/mol. The van der Waals surface area contributed by atoms with Crippen molar-refractivity contribution in [2.24, 2.45) is 58.0 Å². The van der Waals surface area contributed by atoms with Gasteiger partial charge in [-0.25, -0.2) is 4.79 Å². The lowest BCUT2D eigenvalue weighted by molar-refractivity contribution is -0.275. The Kier molecular flexibility index (Phi) is 9.48. The topological polar surface area (TPSA) is 85.1 Å². The minimum Gasteiger partial charge on any atom is -0.449 e. The van der Waals surface area contributed by atoms with Gasteiger partial charge in [-0.15, -0.1) is 0 Å². The summed E-state index contributed by atoms with van der Waals surface area (Å²) in [4.78, 5) is 36.8. The van der Waals surface area contributed by atoms with Gasteiger partial charge in [-0.2, -0.15) is 0 Å². The molecule has 8 heterocycles. The summed E-state index contributed by atoms with van der Waals surface area (Å²) in [5.74, 6) is 3.43. The largest absolute Gasteiger partial charge is 0.449 e. The van der Waals surface area contributed by atoms with Crippen molar-refractivity contribution >= 4 is 11.9 Å². The molecular weight excluding hydrogens is 791 g/mol. The summed E-state index contributed by atoms with van der Waals surface area (Å²) >= 11 is 0. The average Bonchev–Trinajstić information content (AvgIpc) is 3.75. The number of hydrogen-bond acceptors (Lipinski definition) is 7. The van der Waals surface area contributed by atoms with Gasteiger partial charge < -0.3 is 20.1 Å². The second-order valence-corrected chi connectivity index (χ2v) is 22.8. The van der Waals surface area contributed by atoms with Crippen molar-refractivity contribution in [3.05, 3.63) is 117 Å². The Morgan fingerprint density at radius 2 is 1.69 bits per heavy atom. The fraction of sp³-hybridized carbons (Fsp3) is 0.614. The van der Waals surface area contributed by atoms with Gasteiger partial charge in [-0.1, -0.05) is 111 Å². The van der Waals surface area contributed by atoms with Gasteiger partial charge in [-0.05, 0) is 142 Å². The van der Waals surface area contributed by atoms with E-state index in [0.717, 1.165) is 125 Å². The normalized spacial score (nSPS) is 39.4. The number of fused-ring (bicyclic) bond motifs is 6. The molecule has 8 aliphatic heterocycles. The highest BCUT2D eigenvalue weighted by Crippen LogP contribution is 2.87. The van der Waals surface area contributed by atoms with E-state index in [2.05, 4.69) is 77.4 Å². The van der Waals surface area contributed by atoms with Crippen molar-refractivity contribution in [2.75, 3.05) is 32.7 Å². The molecule has 2 aromatic rings. The second kappa shape index (κ2) is 15.0. The van der Waals surface area contributed by atoms with E-state index in [0.29, 0.717) is 36.3 Å². The Balaban J connectivity index is 1.07. The monoisotopic (exact) mass is 860 g/mol. The summed E-state index contributed by atoms with van der Waals surface area (Å²) < 4.78 is 14.4. The first-order valence-corrected chi connectivity index (χ1v) is 26.0. The fourth-order valence-electron chi connectivity index (χ4n) is 17.4. The van der Waals surface area contributed by atoms with Gasteiger partial charge in [0.1, 0.15) is 11.2 Å². The van der Waals surface area contributed by atoms with Crippen LogP contribution in [0.15, 0.2) is 88.9 Å². The predicted octanol–water partition coefficient (Wildman–Crippen LogP) is 10.1. The van der Waals surface area contributed by atoms with E-state index >= 15 is 4.79 Å². The molecule has 0 aromatic heterocycles. The van der Waals surface area contributed by atoms with Crippen molar-refractivity contribution in [3.8, 4) is 0 Å². The lowest BCUT2D eigenvalue weighted by Crippen LogP contribution is -2.77. The molecular formula is C57H69N3O4. The van der Waals surface area contributed by atoms with E-state index in [9.17, 15) is 4.79 Å². The maximum atomic E-state index is 16.1. The lowest BCUT2D eigenvalue weighted by Gasteiger charge is -2.71. The van der Waals surface area contributed by atoms with Crippen molar-refractivity contribution in [2.45, 2.75) is 134 Å². The first kappa shape index (κ1) is 40.3. The van der Waals surface area contributed by atoms with Crippen LogP contribution in [0.25, 0.3) is 0 Å². The number of allylic oxidation sites excluding steroid dienone is 4. The van der Waals surface area contributed by atoms with E-state index in [-0.39, 0.29) is 23.8 Å². The third kappa shape index (κ3) is 5.46. The third-order valence-corrected chi connectivity index (χ3v) is 19.6. The molecule has 64 heavy (non-hydrogen) atoms. The number of aryl methyl sites for hydroxylation is 2. The van der Waals surface area contributed by atoms with Crippen LogP contribution in [0.5, 0.6) is 0 Å². The van der Waals surface area contributed by atoms with Crippen LogP contribution in [0.1, 0.15) is 136 Å². The van der Waals surface area contributed by atoms with Crippen molar-refractivity contribution in [3.63, 3.8) is 0 Å². The number of piperidine rings is 2. The SMILES string of the molecule is CC1CC=C2C3C4=C5C=C(Cc6cccc(c6)CCCCC6C57C(=O)OC(=CCC(CC5CCCCC5)N5CC8CC(CN2C8)C5)C7(CC4)C62OC(=O)c4c(CCCN)cccc42)C13. The number of esters is 2. The summed E-state index contributed by atoms with van der Waals surface area (Å²) in [6.45, 7) is 7.65. The number of nitrogens with zero attached hydrogens (tertiary/aromatic N) is 2. The molecule has 2 saturated carbocycles. The average molecular weight is 860 g/mol. The van der Waals surface area contributed by atoms with E-state index in [1.54, 1.807) is 5.70 Å². The molecule has 336 valence electrons. The summed E-state index contributed by atoms with van der Waals surface area (Å²) in [7, 11) is 0. The molecule has 13 bridgehead atoms. The van der Waals surface area contributed by atoms with Gasteiger partial charge in [0.05, 0.1) is 11.0 Å². The number of hydrogen-bond donors (Lipinski definition) is 1.